The summed E-state index contributed by atoms with van der Waals surface area (Å²) in [5, 5.41) is 3.19. The minimum atomic E-state index is -1.02. The van der Waals surface area contributed by atoms with Gasteiger partial charge in [-0.05, 0) is 48.5 Å². The van der Waals surface area contributed by atoms with Crippen LogP contribution in [-0.2, 0) is 7.05 Å². The molecule has 0 aliphatic carbocycles. The van der Waals surface area contributed by atoms with Gasteiger partial charge < -0.3 is 23.7 Å². The third kappa shape index (κ3) is 5.81. The fraction of sp³-hybridized carbons (Fsp3) is 0.133. The number of halogens is 1. The Kier molecular flexibility index (Phi) is 7.96. The van der Waals surface area contributed by atoms with Crippen LogP contribution in [0.5, 0.6) is 34.5 Å². The topological polar surface area (TPSA) is 132 Å². The number of hydrogen-bond donors (Lipinski definition) is 1. The highest BCUT2D eigenvalue weighted by Gasteiger charge is 2.18. The number of ether oxygens (including phenoxy) is 5. The van der Waals surface area contributed by atoms with Crippen LogP contribution in [0.2, 0.25) is 0 Å². The molecule has 0 unspecified atom stereocenters. The third-order valence-electron chi connectivity index (χ3n) is 6.35. The van der Waals surface area contributed by atoms with Gasteiger partial charge in [0.25, 0.3) is 0 Å². The molecule has 5 rings (SSSR count). The first-order valence-electron chi connectivity index (χ1n) is 12.7. The summed E-state index contributed by atoms with van der Waals surface area (Å²) in [4.78, 5) is 42.8. The average molecular weight is 589 g/mol. The summed E-state index contributed by atoms with van der Waals surface area (Å²) in [6.45, 7) is 0. The lowest BCUT2D eigenvalue weighted by molar-refractivity contribution is 0.213. The van der Waals surface area contributed by atoms with E-state index in [1.807, 2.05) is 0 Å². The van der Waals surface area contributed by atoms with Crippen LogP contribution < -0.4 is 40.3 Å². The molecule has 0 spiro atoms. The van der Waals surface area contributed by atoms with E-state index >= 15 is 0 Å². The molecule has 2 aromatic heterocycles. The normalized spacial score (nSPS) is 10.7. The quantitative estimate of drug-likeness (QED) is 0.275. The number of fused-ring (bicyclic) bond motifs is 1. The van der Waals surface area contributed by atoms with Gasteiger partial charge in [0, 0.05) is 30.8 Å². The van der Waals surface area contributed by atoms with E-state index in [0.29, 0.717) is 33.9 Å². The van der Waals surface area contributed by atoms with Crippen molar-refractivity contribution in [2.24, 2.45) is 7.05 Å². The molecule has 2 heterocycles. The van der Waals surface area contributed by atoms with Crippen LogP contribution in [-0.4, -0.2) is 41.5 Å². The Morgan fingerprint density at radius 3 is 2.23 bits per heavy atom. The third-order valence-corrected chi connectivity index (χ3v) is 6.35. The monoisotopic (exact) mass is 588 g/mol. The molecule has 43 heavy (non-hydrogen) atoms. The molecule has 13 heteroatoms. The zero-order valence-corrected chi connectivity index (χ0v) is 23.4. The molecule has 12 nitrogen and oxygen atoms in total. The van der Waals surface area contributed by atoms with Gasteiger partial charge in [-0.3, -0.25) is 19.7 Å². The zero-order valence-electron chi connectivity index (χ0n) is 23.4. The number of nitrogens with zero attached hydrogens (tertiary/aromatic N) is 3. The summed E-state index contributed by atoms with van der Waals surface area (Å²) in [5.41, 5.74) is -0.662. The van der Waals surface area contributed by atoms with Crippen molar-refractivity contribution in [1.29, 1.82) is 0 Å². The van der Waals surface area contributed by atoms with Gasteiger partial charge in [0.15, 0.2) is 11.5 Å². The maximum Gasteiger partial charge on any atom is 0.417 e. The lowest BCUT2D eigenvalue weighted by Crippen LogP contribution is -2.38. The van der Waals surface area contributed by atoms with Crippen molar-refractivity contribution in [3.05, 3.63) is 99.7 Å². The van der Waals surface area contributed by atoms with Gasteiger partial charge in [-0.2, -0.15) is 0 Å². The van der Waals surface area contributed by atoms with Crippen LogP contribution in [0.3, 0.4) is 0 Å². The molecule has 0 atom stereocenters. The van der Waals surface area contributed by atoms with Crippen LogP contribution in [0.4, 0.5) is 14.9 Å². The molecule has 220 valence electrons. The fourth-order valence-electron chi connectivity index (χ4n) is 4.27. The number of carbonyl (C=O) groups is 1. The van der Waals surface area contributed by atoms with Gasteiger partial charge in [-0.25, -0.2) is 18.5 Å². The van der Waals surface area contributed by atoms with Crippen molar-refractivity contribution in [2.45, 2.75) is 0 Å². The Balaban J connectivity index is 1.38. The first-order valence-corrected chi connectivity index (χ1v) is 12.7. The van der Waals surface area contributed by atoms with Crippen LogP contribution >= 0.6 is 0 Å². The van der Waals surface area contributed by atoms with Crippen molar-refractivity contribution in [2.75, 3.05) is 26.6 Å². The maximum atomic E-state index is 13.4. The summed E-state index contributed by atoms with van der Waals surface area (Å²) >= 11 is 0. The molecule has 5 aromatic rings. The number of pyridine rings is 1. The number of amides is 1. The lowest BCUT2D eigenvalue weighted by atomic mass is 10.2. The molecular weight excluding hydrogens is 563 g/mol. The molecule has 1 N–H and O–H groups in total. The van der Waals surface area contributed by atoms with Crippen molar-refractivity contribution in [1.82, 2.24) is 14.1 Å². The number of nitrogens with one attached hydrogen (secondary N) is 1. The zero-order chi connectivity index (χ0) is 30.7. The lowest BCUT2D eigenvalue weighted by Gasteiger charge is -2.15. The number of carbonyl (C=O) groups excluding carboxylic acids is 1. The molecule has 0 aliphatic rings. The summed E-state index contributed by atoms with van der Waals surface area (Å²) in [6.07, 6.45) is 1.66. The highest BCUT2D eigenvalue weighted by Crippen LogP contribution is 2.38. The van der Waals surface area contributed by atoms with Gasteiger partial charge in [0.2, 0.25) is 5.75 Å². The van der Waals surface area contributed by atoms with E-state index in [0.717, 1.165) is 27.5 Å². The van der Waals surface area contributed by atoms with Crippen molar-refractivity contribution in [3.8, 4) is 40.2 Å². The summed E-state index contributed by atoms with van der Waals surface area (Å²) in [6, 6.07) is 14.6. The predicted octanol–water partition coefficient (Wildman–Crippen LogP) is 4.65. The largest absolute Gasteiger partial charge is 0.494 e. The fourth-order valence-corrected chi connectivity index (χ4v) is 4.27. The Labute approximate surface area is 243 Å². The van der Waals surface area contributed by atoms with Crippen LogP contribution in [0.25, 0.3) is 16.6 Å². The molecule has 3 aromatic carbocycles. The number of benzene rings is 3. The second-order valence-electron chi connectivity index (χ2n) is 9.02. The van der Waals surface area contributed by atoms with E-state index in [9.17, 15) is 18.8 Å². The van der Waals surface area contributed by atoms with Crippen molar-refractivity contribution in [3.63, 3.8) is 0 Å². The number of rotatable bonds is 8. The summed E-state index contributed by atoms with van der Waals surface area (Å²) in [5.74, 6) is 1.16. The van der Waals surface area contributed by atoms with Crippen LogP contribution in [0, 0.1) is 5.82 Å². The minimum absolute atomic E-state index is 0.106. The average Bonchev–Trinajstić information content (AvgIpc) is 3.01. The van der Waals surface area contributed by atoms with Crippen LogP contribution in [0.15, 0.2) is 82.6 Å². The molecule has 0 saturated carbocycles. The maximum absolute atomic E-state index is 13.4. The van der Waals surface area contributed by atoms with E-state index in [1.54, 1.807) is 36.5 Å². The molecule has 0 saturated heterocycles. The van der Waals surface area contributed by atoms with E-state index in [-0.39, 0.29) is 17.1 Å². The molecule has 0 fully saturated rings. The van der Waals surface area contributed by atoms with Gasteiger partial charge in [-0.15, -0.1) is 0 Å². The summed E-state index contributed by atoms with van der Waals surface area (Å²) < 4.78 is 42.7. The Morgan fingerprint density at radius 1 is 0.837 bits per heavy atom. The smallest absolute Gasteiger partial charge is 0.417 e. The van der Waals surface area contributed by atoms with Crippen molar-refractivity contribution < 1.29 is 32.9 Å². The van der Waals surface area contributed by atoms with Gasteiger partial charge in [0.1, 0.15) is 23.1 Å². The molecule has 0 aliphatic heterocycles. The number of methoxy groups -OCH3 is 3. The second-order valence-corrected chi connectivity index (χ2v) is 9.02. The molecule has 0 bridgehead atoms. The van der Waals surface area contributed by atoms with E-state index in [4.69, 9.17) is 23.7 Å². The van der Waals surface area contributed by atoms with E-state index < -0.39 is 28.9 Å². The first-order chi connectivity index (χ1) is 20.7. The highest BCUT2D eigenvalue weighted by molar-refractivity contribution is 5.89. The standard InChI is InChI=1S/C30H25FN4O8/c1-34-16-27(28(36)35(30(34)38)18-7-5-17(31)6-8-18)43-29(37)33-21-10-9-19(13-24(21)39-2)42-23-11-12-32-22-15-26(41-4)25(40-3)14-20(22)23/h5-16H,1-4H3,(H,33,37). The van der Waals surface area contributed by atoms with Gasteiger partial charge >= 0.3 is 17.3 Å². The van der Waals surface area contributed by atoms with E-state index in [1.165, 1.54) is 46.6 Å². The Bertz CT molecular complexity index is 1950. The SMILES string of the molecule is COc1cc(Oc2ccnc3cc(OC)c(OC)cc23)ccc1NC(=O)Oc1cn(C)c(=O)n(-c2ccc(F)cc2)c1=O. The number of aryl methyl sites for hydroxylation is 1. The second kappa shape index (κ2) is 11.9. The highest BCUT2D eigenvalue weighted by atomic mass is 19.1. The Morgan fingerprint density at radius 2 is 1.53 bits per heavy atom. The number of hydrogen-bond acceptors (Lipinski definition) is 9. The minimum Gasteiger partial charge on any atom is -0.494 e. The first kappa shape index (κ1) is 28.7. The van der Waals surface area contributed by atoms with Gasteiger partial charge in [0.05, 0.1) is 44.4 Å². The summed E-state index contributed by atoms with van der Waals surface area (Å²) in [7, 11) is 5.85. The van der Waals surface area contributed by atoms with E-state index in [2.05, 4.69) is 10.3 Å². The van der Waals surface area contributed by atoms with Crippen LogP contribution in [0.1, 0.15) is 0 Å². The Hall–Kier alpha value is -5.85. The van der Waals surface area contributed by atoms with Crippen molar-refractivity contribution >= 4 is 22.7 Å². The molecular formula is C30H25FN4O8. The number of anilines is 1. The number of aromatic nitrogens is 3. The molecule has 0 radical (unpaired) electrons. The van der Waals surface area contributed by atoms with Gasteiger partial charge in [-0.1, -0.05) is 0 Å². The predicted molar refractivity (Wildman–Crippen MR) is 155 cm³/mol. The molecule has 1 amide bonds.